The lowest BCUT2D eigenvalue weighted by atomic mass is 10.2. The zero-order valence-corrected chi connectivity index (χ0v) is 11.3. The predicted octanol–water partition coefficient (Wildman–Crippen LogP) is 3.14. The van der Waals surface area contributed by atoms with Crippen molar-refractivity contribution in [2.75, 3.05) is 5.32 Å². The van der Waals surface area contributed by atoms with Crippen LogP contribution in [0.2, 0.25) is 0 Å². The summed E-state index contributed by atoms with van der Waals surface area (Å²) in [6.07, 6.45) is 0. The van der Waals surface area contributed by atoms with E-state index >= 15 is 0 Å². The molecular formula is C16H16N4. The van der Waals surface area contributed by atoms with Gasteiger partial charge in [-0.25, -0.2) is 9.97 Å². The van der Waals surface area contributed by atoms with Gasteiger partial charge in [0.25, 0.3) is 0 Å². The van der Waals surface area contributed by atoms with Gasteiger partial charge in [-0.3, -0.25) is 0 Å². The molecule has 3 rings (SSSR count). The molecule has 0 aliphatic rings. The molecule has 3 aromatic rings. The van der Waals surface area contributed by atoms with Gasteiger partial charge in [0.05, 0.1) is 11.2 Å². The molecule has 0 amide bonds. The normalized spacial score (nSPS) is 10.7. The van der Waals surface area contributed by atoms with Gasteiger partial charge in [0.2, 0.25) is 5.95 Å². The van der Waals surface area contributed by atoms with Crippen LogP contribution in [-0.2, 0) is 6.54 Å². The molecule has 0 radical (unpaired) electrons. The zero-order valence-electron chi connectivity index (χ0n) is 11.3. The molecule has 0 aliphatic carbocycles. The lowest BCUT2D eigenvalue weighted by molar-refractivity contribution is 1.07. The molecular weight excluding hydrogens is 248 g/mol. The molecule has 0 saturated heterocycles. The van der Waals surface area contributed by atoms with Crippen LogP contribution in [0.15, 0.2) is 48.5 Å². The lowest BCUT2D eigenvalue weighted by Gasteiger charge is -2.08. The minimum atomic E-state index is 0.547. The molecule has 20 heavy (non-hydrogen) atoms. The first-order valence-corrected chi connectivity index (χ1v) is 6.55. The van der Waals surface area contributed by atoms with Crippen molar-refractivity contribution < 1.29 is 0 Å². The van der Waals surface area contributed by atoms with E-state index in [1.165, 1.54) is 0 Å². The number of aryl methyl sites for hydroxylation is 1. The van der Waals surface area contributed by atoms with Gasteiger partial charge in [0.15, 0.2) is 0 Å². The second-order valence-corrected chi connectivity index (χ2v) is 4.68. The van der Waals surface area contributed by atoms with E-state index in [9.17, 15) is 0 Å². The molecule has 0 aliphatic heterocycles. The molecule has 1 aromatic heterocycles. The number of nitrogens with one attached hydrogen (secondary N) is 1. The maximum Gasteiger partial charge on any atom is 0.228 e. The average molecular weight is 264 g/mol. The van der Waals surface area contributed by atoms with Gasteiger partial charge < -0.3 is 11.1 Å². The van der Waals surface area contributed by atoms with Gasteiger partial charge in [-0.05, 0) is 30.7 Å². The third-order valence-electron chi connectivity index (χ3n) is 3.24. The van der Waals surface area contributed by atoms with E-state index < -0.39 is 0 Å². The van der Waals surface area contributed by atoms with Crippen LogP contribution in [0.4, 0.5) is 11.6 Å². The summed E-state index contributed by atoms with van der Waals surface area (Å²) < 4.78 is 0. The van der Waals surface area contributed by atoms with Crippen molar-refractivity contribution in [3.63, 3.8) is 0 Å². The van der Waals surface area contributed by atoms with Gasteiger partial charge in [-0.1, -0.05) is 30.3 Å². The summed E-state index contributed by atoms with van der Waals surface area (Å²) in [5, 5.41) is 4.31. The Balaban J connectivity index is 1.93. The summed E-state index contributed by atoms with van der Waals surface area (Å²) in [6, 6.07) is 16.0. The maximum absolute atomic E-state index is 5.59. The van der Waals surface area contributed by atoms with Gasteiger partial charge in [0.1, 0.15) is 0 Å². The Morgan fingerprint density at radius 3 is 2.50 bits per heavy atom. The van der Waals surface area contributed by atoms with Crippen molar-refractivity contribution in [1.82, 2.24) is 9.97 Å². The molecule has 3 N–H and O–H groups in total. The lowest BCUT2D eigenvalue weighted by Crippen LogP contribution is -2.00. The minimum Gasteiger partial charge on any atom is -0.326 e. The van der Waals surface area contributed by atoms with E-state index in [0.717, 1.165) is 27.8 Å². The Labute approximate surface area is 117 Å². The van der Waals surface area contributed by atoms with Gasteiger partial charge in [-0.2, -0.15) is 0 Å². The van der Waals surface area contributed by atoms with Crippen LogP contribution in [0.25, 0.3) is 10.9 Å². The van der Waals surface area contributed by atoms with E-state index in [0.29, 0.717) is 12.5 Å². The van der Waals surface area contributed by atoms with Crippen LogP contribution in [-0.4, -0.2) is 9.97 Å². The highest BCUT2D eigenvalue weighted by atomic mass is 15.1. The van der Waals surface area contributed by atoms with Crippen molar-refractivity contribution in [3.8, 4) is 0 Å². The zero-order chi connectivity index (χ0) is 13.9. The summed E-state index contributed by atoms with van der Waals surface area (Å²) in [6.45, 7) is 2.54. The Morgan fingerprint density at radius 1 is 1.00 bits per heavy atom. The number of benzene rings is 2. The second-order valence-electron chi connectivity index (χ2n) is 4.68. The van der Waals surface area contributed by atoms with E-state index in [-0.39, 0.29) is 0 Å². The van der Waals surface area contributed by atoms with E-state index in [1.807, 2.05) is 55.5 Å². The fourth-order valence-corrected chi connectivity index (χ4v) is 2.14. The Bertz CT molecular complexity index is 735. The SMILES string of the molecule is Cc1nc(Nc2ccc(CN)cc2)nc2ccccc12. The number of anilines is 2. The topological polar surface area (TPSA) is 63.8 Å². The number of rotatable bonds is 3. The molecule has 0 saturated carbocycles. The fourth-order valence-electron chi connectivity index (χ4n) is 2.14. The molecule has 0 unspecified atom stereocenters. The van der Waals surface area contributed by atoms with Crippen LogP contribution in [0, 0.1) is 6.92 Å². The summed E-state index contributed by atoms with van der Waals surface area (Å²) in [7, 11) is 0. The standard InChI is InChI=1S/C16H16N4/c1-11-14-4-2-3-5-15(14)20-16(18-11)19-13-8-6-12(10-17)7-9-13/h2-9H,10,17H2,1H3,(H,18,19,20). The second kappa shape index (κ2) is 5.27. The first-order chi connectivity index (χ1) is 9.76. The van der Waals surface area contributed by atoms with Crippen molar-refractivity contribution in [2.24, 2.45) is 5.73 Å². The first-order valence-electron chi connectivity index (χ1n) is 6.55. The number of hydrogen-bond acceptors (Lipinski definition) is 4. The highest BCUT2D eigenvalue weighted by molar-refractivity contribution is 5.82. The van der Waals surface area contributed by atoms with Crippen LogP contribution >= 0.6 is 0 Å². The Hall–Kier alpha value is -2.46. The summed E-state index contributed by atoms with van der Waals surface area (Å²) >= 11 is 0. The van der Waals surface area contributed by atoms with Gasteiger partial charge >= 0.3 is 0 Å². The van der Waals surface area contributed by atoms with E-state index in [4.69, 9.17) is 5.73 Å². The van der Waals surface area contributed by atoms with Crippen LogP contribution in [0.5, 0.6) is 0 Å². The number of nitrogens with zero attached hydrogens (tertiary/aromatic N) is 2. The number of nitrogens with two attached hydrogens (primary N) is 1. The molecule has 100 valence electrons. The monoisotopic (exact) mass is 264 g/mol. The number of hydrogen-bond donors (Lipinski definition) is 2. The number of para-hydroxylation sites is 1. The van der Waals surface area contributed by atoms with E-state index in [2.05, 4.69) is 15.3 Å². The molecule has 2 aromatic carbocycles. The molecule has 1 heterocycles. The highest BCUT2D eigenvalue weighted by Gasteiger charge is 2.04. The minimum absolute atomic E-state index is 0.547. The quantitative estimate of drug-likeness (QED) is 0.762. The third kappa shape index (κ3) is 2.46. The van der Waals surface area contributed by atoms with Crippen LogP contribution in [0.1, 0.15) is 11.3 Å². The van der Waals surface area contributed by atoms with Crippen molar-refractivity contribution in [3.05, 3.63) is 59.8 Å². The molecule has 0 bridgehead atoms. The fraction of sp³-hybridized carbons (Fsp3) is 0.125. The van der Waals surface area contributed by atoms with Gasteiger partial charge in [-0.15, -0.1) is 0 Å². The Morgan fingerprint density at radius 2 is 1.75 bits per heavy atom. The predicted molar refractivity (Wildman–Crippen MR) is 81.9 cm³/mol. The van der Waals surface area contributed by atoms with Crippen molar-refractivity contribution >= 4 is 22.5 Å². The molecule has 0 atom stereocenters. The number of fused-ring (bicyclic) bond motifs is 1. The smallest absolute Gasteiger partial charge is 0.228 e. The van der Waals surface area contributed by atoms with Crippen molar-refractivity contribution in [1.29, 1.82) is 0 Å². The largest absolute Gasteiger partial charge is 0.326 e. The van der Waals surface area contributed by atoms with Crippen LogP contribution in [0.3, 0.4) is 0 Å². The third-order valence-corrected chi connectivity index (χ3v) is 3.24. The summed E-state index contributed by atoms with van der Waals surface area (Å²) in [5.41, 5.74) is 9.56. The summed E-state index contributed by atoms with van der Waals surface area (Å²) in [4.78, 5) is 9.02. The van der Waals surface area contributed by atoms with Crippen LogP contribution < -0.4 is 11.1 Å². The highest BCUT2D eigenvalue weighted by Crippen LogP contribution is 2.19. The maximum atomic E-state index is 5.59. The van der Waals surface area contributed by atoms with Gasteiger partial charge in [0, 0.05) is 17.6 Å². The average Bonchev–Trinajstić information content (AvgIpc) is 2.48. The Kier molecular flexibility index (Phi) is 3.31. The number of aromatic nitrogens is 2. The molecule has 4 heteroatoms. The van der Waals surface area contributed by atoms with E-state index in [1.54, 1.807) is 0 Å². The molecule has 0 spiro atoms. The summed E-state index contributed by atoms with van der Waals surface area (Å²) in [5.74, 6) is 0.613. The molecule has 4 nitrogen and oxygen atoms in total. The van der Waals surface area contributed by atoms with Crippen molar-refractivity contribution in [2.45, 2.75) is 13.5 Å². The first kappa shape index (κ1) is 12.6. The molecule has 0 fully saturated rings.